The molecule has 2 aromatic rings. The average Bonchev–Trinajstić information content (AvgIpc) is 3.15. The van der Waals surface area contributed by atoms with Crippen LogP contribution < -0.4 is 9.47 Å². The summed E-state index contributed by atoms with van der Waals surface area (Å²) < 4.78 is 12.3. The molecule has 2 aliphatic heterocycles. The molecule has 0 saturated carbocycles. The van der Waals surface area contributed by atoms with Crippen LogP contribution in [0.2, 0.25) is 0 Å². The molecule has 0 amide bonds. The molecule has 4 N–H and O–H groups in total. The number of fused-ring (bicyclic) bond motifs is 2. The van der Waals surface area contributed by atoms with Crippen molar-refractivity contribution in [2.24, 2.45) is 0 Å². The van der Waals surface area contributed by atoms with Gasteiger partial charge in [0.05, 0.1) is 12.0 Å². The first-order valence-electron chi connectivity index (χ1n) is 10.6. The van der Waals surface area contributed by atoms with Crippen LogP contribution in [0.15, 0.2) is 29.8 Å². The van der Waals surface area contributed by atoms with Gasteiger partial charge in [0.2, 0.25) is 0 Å². The van der Waals surface area contributed by atoms with E-state index in [9.17, 15) is 25.2 Å². The molecule has 0 saturated heterocycles. The quantitative estimate of drug-likeness (QED) is 0.418. The summed E-state index contributed by atoms with van der Waals surface area (Å²) in [6.07, 6.45) is 1.39. The maximum absolute atomic E-state index is 13.2. The third kappa shape index (κ3) is 3.77. The van der Waals surface area contributed by atoms with Gasteiger partial charge in [-0.1, -0.05) is 17.7 Å². The van der Waals surface area contributed by atoms with Gasteiger partial charge in [-0.3, -0.25) is 4.79 Å². The second kappa shape index (κ2) is 7.74. The van der Waals surface area contributed by atoms with Gasteiger partial charge in [0.1, 0.15) is 35.0 Å². The lowest BCUT2D eigenvalue weighted by atomic mass is 9.88. The number of ether oxygens (including phenoxy) is 2. The Morgan fingerprint density at radius 2 is 1.81 bits per heavy atom. The second-order valence-electron chi connectivity index (χ2n) is 9.27. The lowest BCUT2D eigenvalue weighted by Crippen LogP contribution is -2.39. The third-order valence-electron chi connectivity index (χ3n) is 6.00. The maximum atomic E-state index is 13.2. The smallest absolute Gasteiger partial charge is 0.174 e. The van der Waals surface area contributed by atoms with Crippen LogP contribution in [-0.4, -0.2) is 37.9 Å². The van der Waals surface area contributed by atoms with Crippen molar-refractivity contribution in [1.29, 1.82) is 0 Å². The van der Waals surface area contributed by atoms with Gasteiger partial charge in [0.15, 0.2) is 17.3 Å². The number of aromatic hydroxyl groups is 3. The number of benzene rings is 2. The van der Waals surface area contributed by atoms with Crippen molar-refractivity contribution in [3.05, 3.63) is 52.1 Å². The molecule has 2 heterocycles. The highest BCUT2D eigenvalue weighted by Gasteiger charge is 2.42. The Balaban J connectivity index is 1.85. The van der Waals surface area contributed by atoms with Crippen molar-refractivity contribution in [3.63, 3.8) is 0 Å². The summed E-state index contributed by atoms with van der Waals surface area (Å²) in [4.78, 5) is 13.2. The molecule has 32 heavy (non-hydrogen) atoms. The van der Waals surface area contributed by atoms with Crippen molar-refractivity contribution >= 4 is 5.78 Å². The number of phenolic OH excluding ortho intramolecular Hbond substituents is 3. The molecule has 0 spiro atoms. The predicted molar refractivity (Wildman–Crippen MR) is 118 cm³/mol. The number of ketones is 1. The highest BCUT2D eigenvalue weighted by atomic mass is 16.5. The van der Waals surface area contributed by atoms with E-state index in [1.807, 2.05) is 19.9 Å². The van der Waals surface area contributed by atoms with Crippen molar-refractivity contribution < 1.29 is 34.7 Å². The van der Waals surface area contributed by atoms with Crippen molar-refractivity contribution in [3.8, 4) is 28.7 Å². The summed E-state index contributed by atoms with van der Waals surface area (Å²) in [6, 6.07) is 4.29. The van der Waals surface area contributed by atoms with Gasteiger partial charge < -0.3 is 29.9 Å². The van der Waals surface area contributed by atoms with Crippen molar-refractivity contribution in [1.82, 2.24) is 0 Å². The zero-order valence-electron chi connectivity index (χ0n) is 18.6. The second-order valence-corrected chi connectivity index (χ2v) is 9.27. The van der Waals surface area contributed by atoms with Crippen LogP contribution in [0.3, 0.4) is 0 Å². The first-order chi connectivity index (χ1) is 15.0. The molecule has 2 aliphatic rings. The minimum atomic E-state index is -1.14. The number of rotatable bonds is 4. The number of aliphatic hydroxyl groups is 1. The first kappa shape index (κ1) is 22.0. The van der Waals surface area contributed by atoms with Gasteiger partial charge in [-0.15, -0.1) is 0 Å². The number of carbonyl (C=O) groups excluding carboxylic acids is 1. The predicted octanol–water partition coefficient (Wildman–Crippen LogP) is 4.09. The Hall–Kier alpha value is -3.19. The molecule has 0 aliphatic carbocycles. The first-order valence-corrected chi connectivity index (χ1v) is 10.6. The summed E-state index contributed by atoms with van der Waals surface area (Å²) >= 11 is 0. The van der Waals surface area contributed by atoms with Gasteiger partial charge in [-0.05, 0) is 51.8 Å². The zero-order valence-corrected chi connectivity index (χ0v) is 18.6. The number of hydrogen-bond acceptors (Lipinski definition) is 7. The molecule has 0 bridgehead atoms. The summed E-state index contributed by atoms with van der Waals surface area (Å²) in [6.45, 7) is 7.21. The van der Waals surface area contributed by atoms with Crippen LogP contribution in [0, 0.1) is 0 Å². The number of hydrogen-bond donors (Lipinski definition) is 4. The minimum Gasteiger partial charge on any atom is -0.507 e. The van der Waals surface area contributed by atoms with Crippen LogP contribution in [0.4, 0.5) is 0 Å². The van der Waals surface area contributed by atoms with E-state index in [4.69, 9.17) is 9.47 Å². The number of phenols is 3. The summed E-state index contributed by atoms with van der Waals surface area (Å²) in [5.41, 5.74) is 1.73. The Bertz CT molecular complexity index is 1120. The molecule has 2 atom stereocenters. The van der Waals surface area contributed by atoms with Crippen LogP contribution in [0.25, 0.3) is 0 Å². The Labute approximate surface area is 186 Å². The lowest BCUT2D eigenvalue weighted by molar-refractivity contribution is -0.0233. The molecule has 7 nitrogen and oxygen atoms in total. The van der Waals surface area contributed by atoms with Crippen LogP contribution in [0.5, 0.6) is 28.7 Å². The van der Waals surface area contributed by atoms with Gasteiger partial charge in [-0.25, -0.2) is 0 Å². The van der Waals surface area contributed by atoms with E-state index in [2.05, 4.69) is 0 Å². The molecule has 7 heteroatoms. The van der Waals surface area contributed by atoms with E-state index < -0.39 is 17.8 Å². The fourth-order valence-electron chi connectivity index (χ4n) is 4.16. The third-order valence-corrected chi connectivity index (χ3v) is 6.00. The Morgan fingerprint density at radius 1 is 1.09 bits per heavy atom. The molecule has 2 aromatic carbocycles. The SMILES string of the molecule is CC(C)=CCc1c2c(c(O)c3c1O[C@@H](c1ccc(O)c(O)c1)CC3=O)C[C@H](C(C)(C)O)O2. The molecule has 0 aromatic heterocycles. The van der Waals surface area contributed by atoms with E-state index in [0.717, 1.165) is 5.57 Å². The number of carbonyl (C=O) groups is 1. The summed E-state index contributed by atoms with van der Waals surface area (Å²) in [5, 5.41) is 41.0. The van der Waals surface area contributed by atoms with E-state index in [0.29, 0.717) is 28.9 Å². The normalized spacial score (nSPS) is 19.6. The number of Topliss-reactive ketones (excluding diaryl/α,β-unsaturated/α-hetero) is 1. The lowest BCUT2D eigenvalue weighted by Gasteiger charge is -2.29. The topological polar surface area (TPSA) is 116 Å². The maximum Gasteiger partial charge on any atom is 0.174 e. The van der Waals surface area contributed by atoms with Gasteiger partial charge >= 0.3 is 0 Å². The monoisotopic (exact) mass is 440 g/mol. The molecule has 4 rings (SSSR count). The summed E-state index contributed by atoms with van der Waals surface area (Å²) in [7, 11) is 0. The van der Waals surface area contributed by atoms with E-state index in [-0.39, 0.29) is 47.2 Å². The average molecular weight is 440 g/mol. The molecular formula is C25H28O7. The summed E-state index contributed by atoms with van der Waals surface area (Å²) in [5.74, 6) is -0.324. The van der Waals surface area contributed by atoms with Gasteiger partial charge in [0.25, 0.3) is 0 Å². The van der Waals surface area contributed by atoms with E-state index in [1.54, 1.807) is 19.9 Å². The van der Waals surface area contributed by atoms with Crippen LogP contribution >= 0.6 is 0 Å². The molecular weight excluding hydrogens is 412 g/mol. The minimum absolute atomic E-state index is 0.0264. The van der Waals surface area contributed by atoms with E-state index in [1.165, 1.54) is 12.1 Å². The van der Waals surface area contributed by atoms with Gasteiger partial charge in [-0.2, -0.15) is 0 Å². The van der Waals surface area contributed by atoms with Gasteiger partial charge in [0, 0.05) is 17.5 Å². The zero-order chi connectivity index (χ0) is 23.4. The standard InChI is InChI=1S/C25H28O7/c1-12(2)5-7-14-23-15(10-20(32-23)25(3,4)30)22(29)21-18(28)11-19(31-24(14)21)13-6-8-16(26)17(27)9-13/h5-6,8-9,19-20,26-27,29-30H,7,10-11H2,1-4H3/t19-,20-/m1/s1. The highest BCUT2D eigenvalue weighted by Crippen LogP contribution is 2.52. The fraction of sp³-hybridized carbons (Fsp3) is 0.400. The molecule has 0 radical (unpaired) electrons. The Kier molecular flexibility index (Phi) is 5.33. The highest BCUT2D eigenvalue weighted by molar-refractivity contribution is 6.04. The van der Waals surface area contributed by atoms with Crippen molar-refractivity contribution in [2.75, 3.05) is 0 Å². The molecule has 0 fully saturated rings. The fourth-order valence-corrected chi connectivity index (χ4v) is 4.16. The van der Waals surface area contributed by atoms with Crippen molar-refractivity contribution in [2.45, 2.75) is 64.8 Å². The Morgan fingerprint density at radius 3 is 2.44 bits per heavy atom. The largest absolute Gasteiger partial charge is 0.507 e. The van der Waals surface area contributed by atoms with Crippen LogP contribution in [-0.2, 0) is 12.8 Å². The van der Waals surface area contributed by atoms with Crippen LogP contribution in [0.1, 0.15) is 67.3 Å². The van der Waals surface area contributed by atoms with E-state index >= 15 is 0 Å². The molecule has 170 valence electrons. The molecule has 0 unspecified atom stereocenters. The number of allylic oxidation sites excluding steroid dienone is 2.